The predicted molar refractivity (Wildman–Crippen MR) is 58.8 cm³/mol. The maximum atomic E-state index is 5.51. The summed E-state index contributed by atoms with van der Waals surface area (Å²) in [4.78, 5) is 1.95. The van der Waals surface area contributed by atoms with Gasteiger partial charge < -0.3 is 10.6 Å². The Hall–Kier alpha value is -1.62. The van der Waals surface area contributed by atoms with Gasteiger partial charge in [-0.05, 0) is 12.1 Å². The number of nitrogen functional groups attached to an aromatic ring is 1. The van der Waals surface area contributed by atoms with Crippen molar-refractivity contribution in [2.24, 2.45) is 0 Å². The second kappa shape index (κ2) is 3.63. The van der Waals surface area contributed by atoms with Crippen molar-refractivity contribution in [3.8, 4) is 0 Å². The van der Waals surface area contributed by atoms with Gasteiger partial charge in [0, 0.05) is 12.7 Å². The summed E-state index contributed by atoms with van der Waals surface area (Å²) in [5, 5.41) is 9.02. The third-order valence-corrected chi connectivity index (χ3v) is 2.69. The maximum absolute atomic E-state index is 5.51. The van der Waals surface area contributed by atoms with Gasteiger partial charge in [0.15, 0.2) is 0 Å². The van der Waals surface area contributed by atoms with Gasteiger partial charge in [-0.25, -0.2) is 0 Å². The minimum absolute atomic E-state index is 0.489. The van der Waals surface area contributed by atoms with Gasteiger partial charge in [0.2, 0.25) is 10.3 Å². The Kier molecular flexibility index (Phi) is 2.32. The first-order valence-corrected chi connectivity index (χ1v) is 4.97. The third-order valence-electron chi connectivity index (χ3n) is 1.86. The zero-order valence-corrected chi connectivity index (χ0v) is 8.53. The van der Waals surface area contributed by atoms with Gasteiger partial charge in [-0.3, -0.25) is 0 Å². The molecule has 5 heteroatoms. The largest absolute Gasteiger partial charge is 0.374 e. The zero-order valence-electron chi connectivity index (χ0n) is 7.71. The molecule has 0 spiro atoms. The number of aromatic nitrogens is 2. The Morgan fingerprint density at radius 2 is 1.93 bits per heavy atom. The maximum Gasteiger partial charge on any atom is 0.214 e. The van der Waals surface area contributed by atoms with Crippen molar-refractivity contribution in [3.05, 3.63) is 30.3 Å². The van der Waals surface area contributed by atoms with E-state index < -0.39 is 0 Å². The molecule has 14 heavy (non-hydrogen) atoms. The van der Waals surface area contributed by atoms with Crippen LogP contribution < -0.4 is 10.6 Å². The van der Waals surface area contributed by atoms with Crippen molar-refractivity contribution in [2.45, 2.75) is 0 Å². The first-order valence-electron chi connectivity index (χ1n) is 4.15. The smallest absolute Gasteiger partial charge is 0.214 e. The Morgan fingerprint density at radius 1 is 1.21 bits per heavy atom. The fourth-order valence-electron chi connectivity index (χ4n) is 1.12. The Morgan fingerprint density at radius 3 is 2.50 bits per heavy atom. The zero-order chi connectivity index (χ0) is 9.97. The van der Waals surface area contributed by atoms with Gasteiger partial charge in [-0.15, -0.1) is 10.2 Å². The molecule has 0 fully saturated rings. The first-order chi connectivity index (χ1) is 6.77. The number of rotatable bonds is 2. The van der Waals surface area contributed by atoms with E-state index in [1.807, 2.05) is 42.3 Å². The van der Waals surface area contributed by atoms with Crippen molar-refractivity contribution >= 4 is 27.3 Å². The molecule has 0 amide bonds. The van der Waals surface area contributed by atoms with Crippen molar-refractivity contribution in [1.82, 2.24) is 10.2 Å². The van der Waals surface area contributed by atoms with Gasteiger partial charge >= 0.3 is 0 Å². The average molecular weight is 206 g/mol. The molecule has 0 bridgehead atoms. The molecule has 0 radical (unpaired) electrons. The highest BCUT2D eigenvalue weighted by molar-refractivity contribution is 7.18. The fraction of sp³-hybridized carbons (Fsp3) is 0.111. The lowest BCUT2D eigenvalue weighted by atomic mass is 10.3. The second-order valence-electron chi connectivity index (χ2n) is 2.82. The molecule has 0 saturated heterocycles. The molecular weight excluding hydrogens is 196 g/mol. The van der Waals surface area contributed by atoms with Crippen LogP contribution in [0.15, 0.2) is 30.3 Å². The standard InChI is InChI=1S/C9H10N4S/c1-13(7-5-3-2-4-6-7)9-12-11-8(10)14-9/h2-6H,1H3,(H2,10,11). The topological polar surface area (TPSA) is 55.0 Å². The van der Waals surface area contributed by atoms with E-state index in [0.29, 0.717) is 5.13 Å². The number of benzene rings is 1. The van der Waals surface area contributed by atoms with Crippen molar-refractivity contribution in [3.63, 3.8) is 0 Å². The molecule has 0 aliphatic rings. The molecule has 2 aromatic rings. The Labute approximate surface area is 86.0 Å². The number of para-hydroxylation sites is 1. The van der Waals surface area contributed by atoms with Crippen LogP contribution in [0, 0.1) is 0 Å². The van der Waals surface area contributed by atoms with Gasteiger partial charge in [-0.2, -0.15) is 0 Å². The van der Waals surface area contributed by atoms with E-state index in [9.17, 15) is 0 Å². The lowest BCUT2D eigenvalue weighted by molar-refractivity contribution is 1.05. The van der Waals surface area contributed by atoms with Gasteiger partial charge in [0.25, 0.3) is 0 Å². The molecular formula is C9H10N4S. The molecule has 1 heterocycles. The summed E-state index contributed by atoms with van der Waals surface area (Å²) in [7, 11) is 1.94. The van der Waals surface area contributed by atoms with E-state index in [2.05, 4.69) is 10.2 Å². The highest BCUT2D eigenvalue weighted by Gasteiger charge is 2.07. The molecule has 1 aromatic heterocycles. The summed E-state index contributed by atoms with van der Waals surface area (Å²) >= 11 is 1.37. The summed E-state index contributed by atoms with van der Waals surface area (Å²) in [6.45, 7) is 0. The van der Waals surface area contributed by atoms with E-state index in [0.717, 1.165) is 10.8 Å². The Balaban J connectivity index is 2.29. The van der Waals surface area contributed by atoms with Crippen LogP contribution in [0.5, 0.6) is 0 Å². The third kappa shape index (κ3) is 1.67. The minimum Gasteiger partial charge on any atom is -0.374 e. The molecule has 0 aliphatic heterocycles. The van der Waals surface area contributed by atoms with E-state index in [1.54, 1.807) is 0 Å². The normalized spacial score (nSPS) is 10.1. The minimum atomic E-state index is 0.489. The second-order valence-corrected chi connectivity index (χ2v) is 3.80. The van der Waals surface area contributed by atoms with E-state index in [1.165, 1.54) is 11.3 Å². The van der Waals surface area contributed by atoms with E-state index >= 15 is 0 Å². The lowest BCUT2D eigenvalue weighted by Gasteiger charge is -2.14. The fourth-order valence-corrected chi connectivity index (χ4v) is 1.72. The van der Waals surface area contributed by atoms with Crippen LogP contribution in [-0.4, -0.2) is 17.2 Å². The van der Waals surface area contributed by atoms with Gasteiger partial charge in [0.1, 0.15) is 0 Å². The predicted octanol–water partition coefficient (Wildman–Crippen LogP) is 1.89. The number of nitrogens with zero attached hydrogens (tertiary/aromatic N) is 3. The first kappa shape index (κ1) is 8.96. The number of nitrogens with two attached hydrogens (primary N) is 1. The van der Waals surface area contributed by atoms with E-state index in [4.69, 9.17) is 5.73 Å². The average Bonchev–Trinajstić information content (AvgIpc) is 2.65. The van der Waals surface area contributed by atoms with Crippen molar-refractivity contribution in [2.75, 3.05) is 17.7 Å². The number of hydrogen-bond donors (Lipinski definition) is 1. The molecule has 0 unspecified atom stereocenters. The molecule has 0 aliphatic carbocycles. The molecule has 2 N–H and O–H groups in total. The van der Waals surface area contributed by atoms with Crippen molar-refractivity contribution < 1.29 is 0 Å². The quantitative estimate of drug-likeness (QED) is 0.815. The summed E-state index contributed by atoms with van der Waals surface area (Å²) in [6.07, 6.45) is 0. The van der Waals surface area contributed by atoms with Crippen LogP contribution in [0.1, 0.15) is 0 Å². The SMILES string of the molecule is CN(c1ccccc1)c1nnc(N)s1. The molecule has 0 atom stereocenters. The summed E-state index contributed by atoms with van der Waals surface area (Å²) in [5.74, 6) is 0. The van der Waals surface area contributed by atoms with E-state index in [-0.39, 0.29) is 0 Å². The van der Waals surface area contributed by atoms with Crippen LogP contribution in [0.4, 0.5) is 16.0 Å². The summed E-state index contributed by atoms with van der Waals surface area (Å²) in [5.41, 5.74) is 6.59. The van der Waals surface area contributed by atoms with Crippen LogP contribution in [0.3, 0.4) is 0 Å². The highest BCUT2D eigenvalue weighted by atomic mass is 32.1. The molecule has 0 saturated carbocycles. The van der Waals surface area contributed by atoms with Crippen LogP contribution in [-0.2, 0) is 0 Å². The number of hydrogen-bond acceptors (Lipinski definition) is 5. The summed E-state index contributed by atoms with van der Waals surface area (Å²) in [6, 6.07) is 9.97. The lowest BCUT2D eigenvalue weighted by Crippen LogP contribution is -2.08. The van der Waals surface area contributed by atoms with Crippen LogP contribution in [0.2, 0.25) is 0 Å². The molecule has 72 valence electrons. The highest BCUT2D eigenvalue weighted by Crippen LogP contribution is 2.26. The molecule has 1 aromatic carbocycles. The molecule has 2 rings (SSSR count). The number of anilines is 3. The van der Waals surface area contributed by atoms with Crippen LogP contribution >= 0.6 is 11.3 Å². The monoisotopic (exact) mass is 206 g/mol. The Bertz CT molecular complexity index is 412. The summed E-state index contributed by atoms with van der Waals surface area (Å²) < 4.78 is 0. The van der Waals surface area contributed by atoms with Crippen molar-refractivity contribution in [1.29, 1.82) is 0 Å². The van der Waals surface area contributed by atoms with Crippen LogP contribution in [0.25, 0.3) is 0 Å². The van der Waals surface area contributed by atoms with Gasteiger partial charge in [-0.1, -0.05) is 29.5 Å². The van der Waals surface area contributed by atoms with Gasteiger partial charge in [0.05, 0.1) is 0 Å². The molecule has 4 nitrogen and oxygen atoms in total.